The summed E-state index contributed by atoms with van der Waals surface area (Å²) in [6.07, 6.45) is 1.59. The third kappa shape index (κ3) is 2.61. The molecular formula is C12H13NO3. The average Bonchev–Trinajstić information content (AvgIpc) is 2.38. The molecule has 1 aliphatic rings. The largest absolute Gasteiger partial charge is 0.499 e. The molecule has 0 fully saturated rings. The lowest BCUT2D eigenvalue weighted by Gasteiger charge is -2.13. The minimum atomic E-state index is 0.302. The van der Waals surface area contributed by atoms with E-state index in [1.807, 2.05) is 37.3 Å². The van der Waals surface area contributed by atoms with Gasteiger partial charge in [-0.05, 0) is 19.1 Å². The molecule has 84 valence electrons. The lowest BCUT2D eigenvalue weighted by atomic mass is 10.2. The van der Waals surface area contributed by atoms with Crippen LogP contribution in [0.5, 0.6) is 0 Å². The monoisotopic (exact) mass is 219 g/mol. The smallest absolute Gasteiger partial charge is 0.263 e. The van der Waals surface area contributed by atoms with Crippen molar-refractivity contribution in [2.75, 3.05) is 13.2 Å². The first kappa shape index (κ1) is 10.7. The van der Waals surface area contributed by atoms with Crippen molar-refractivity contribution in [3.63, 3.8) is 0 Å². The summed E-state index contributed by atoms with van der Waals surface area (Å²) >= 11 is 0. The third-order valence-electron chi connectivity index (χ3n) is 2.00. The second-order valence-electron chi connectivity index (χ2n) is 3.19. The summed E-state index contributed by atoms with van der Waals surface area (Å²) in [6.45, 7) is 2.83. The molecule has 4 heteroatoms. The number of aliphatic imine (C=N–C) groups is 1. The van der Waals surface area contributed by atoms with Crippen molar-refractivity contribution in [2.24, 2.45) is 4.99 Å². The Labute approximate surface area is 94.1 Å². The molecule has 0 saturated carbocycles. The van der Waals surface area contributed by atoms with Gasteiger partial charge in [-0.1, -0.05) is 18.2 Å². The number of nitrogens with zero attached hydrogens (tertiary/aromatic N) is 1. The first-order valence-electron chi connectivity index (χ1n) is 5.14. The second kappa shape index (κ2) is 5.32. The van der Waals surface area contributed by atoms with Crippen LogP contribution in [0.25, 0.3) is 0 Å². The van der Waals surface area contributed by atoms with Gasteiger partial charge in [0.05, 0.1) is 6.61 Å². The number of rotatable bonds is 3. The van der Waals surface area contributed by atoms with Gasteiger partial charge in [0.2, 0.25) is 0 Å². The van der Waals surface area contributed by atoms with Crippen LogP contribution in [0, 0.1) is 0 Å². The number of benzene rings is 1. The molecule has 1 heterocycles. The van der Waals surface area contributed by atoms with Gasteiger partial charge in [-0.25, -0.2) is 4.99 Å². The molecule has 0 unspecified atom stereocenters. The molecule has 0 atom stereocenters. The molecule has 0 saturated heterocycles. The maximum Gasteiger partial charge on any atom is 0.263 e. The van der Waals surface area contributed by atoms with E-state index in [4.69, 9.17) is 14.5 Å². The van der Waals surface area contributed by atoms with E-state index in [1.54, 1.807) is 6.26 Å². The van der Waals surface area contributed by atoms with Crippen LogP contribution in [-0.4, -0.2) is 19.1 Å². The Hall–Kier alpha value is -1.81. The van der Waals surface area contributed by atoms with Crippen molar-refractivity contribution >= 4 is 5.90 Å². The lowest BCUT2D eigenvalue weighted by molar-refractivity contribution is -0.219. The zero-order valence-electron chi connectivity index (χ0n) is 9.05. The topological polar surface area (TPSA) is 40.0 Å². The van der Waals surface area contributed by atoms with Crippen LogP contribution in [-0.2, 0) is 14.5 Å². The summed E-state index contributed by atoms with van der Waals surface area (Å²) in [5, 5.41) is 0. The molecule has 0 radical (unpaired) electrons. The fourth-order valence-corrected chi connectivity index (χ4v) is 1.26. The Balaban J connectivity index is 2.19. The van der Waals surface area contributed by atoms with Crippen LogP contribution < -0.4 is 0 Å². The van der Waals surface area contributed by atoms with Gasteiger partial charge in [-0.3, -0.25) is 0 Å². The summed E-state index contributed by atoms with van der Waals surface area (Å²) in [5.74, 6) is 0.456. The fourth-order valence-electron chi connectivity index (χ4n) is 1.26. The minimum absolute atomic E-state index is 0.302. The van der Waals surface area contributed by atoms with E-state index in [2.05, 4.69) is 4.99 Å². The molecule has 0 amide bonds. The Morgan fingerprint density at radius 2 is 2.19 bits per heavy atom. The van der Waals surface area contributed by atoms with Crippen molar-refractivity contribution in [1.82, 2.24) is 0 Å². The third-order valence-corrected chi connectivity index (χ3v) is 2.00. The predicted molar refractivity (Wildman–Crippen MR) is 59.7 cm³/mol. The van der Waals surface area contributed by atoms with E-state index in [-0.39, 0.29) is 0 Å². The van der Waals surface area contributed by atoms with Crippen LogP contribution >= 0.6 is 0 Å². The summed E-state index contributed by atoms with van der Waals surface area (Å²) < 4.78 is 5.15. The second-order valence-corrected chi connectivity index (χ2v) is 3.19. The van der Waals surface area contributed by atoms with Crippen molar-refractivity contribution in [1.29, 1.82) is 0 Å². The van der Waals surface area contributed by atoms with E-state index in [0.717, 1.165) is 5.56 Å². The molecule has 1 aromatic carbocycles. The van der Waals surface area contributed by atoms with Gasteiger partial charge in [0.25, 0.3) is 5.90 Å². The molecule has 0 spiro atoms. The molecule has 2 rings (SSSR count). The molecule has 1 aliphatic heterocycles. The van der Waals surface area contributed by atoms with Gasteiger partial charge in [-0.15, -0.1) is 0 Å². The highest BCUT2D eigenvalue weighted by atomic mass is 17.2. The maximum atomic E-state index is 5.15. The minimum Gasteiger partial charge on any atom is -0.499 e. The molecule has 0 aliphatic carbocycles. The average molecular weight is 219 g/mol. The highest BCUT2D eigenvalue weighted by molar-refractivity contribution is 5.94. The zero-order chi connectivity index (χ0) is 11.2. The molecule has 16 heavy (non-hydrogen) atoms. The van der Waals surface area contributed by atoms with E-state index in [9.17, 15) is 0 Å². The first-order chi connectivity index (χ1) is 7.90. The molecule has 0 bridgehead atoms. The SMILES string of the molecule is CCO/C=C1/COOC(c2ccccc2)=N1. The zero-order valence-corrected chi connectivity index (χ0v) is 9.05. The van der Waals surface area contributed by atoms with Gasteiger partial charge in [0.1, 0.15) is 18.6 Å². The standard InChI is InChI=1S/C12H13NO3/c1-2-14-8-11-9-15-16-12(13-11)10-6-4-3-5-7-10/h3-8H,2,9H2,1H3/b11-8-. The Bertz CT molecular complexity index is 398. The van der Waals surface area contributed by atoms with Crippen LogP contribution in [0.1, 0.15) is 12.5 Å². The van der Waals surface area contributed by atoms with E-state index < -0.39 is 0 Å². The van der Waals surface area contributed by atoms with Gasteiger partial charge in [0.15, 0.2) is 0 Å². The molecular weight excluding hydrogens is 206 g/mol. The Morgan fingerprint density at radius 1 is 1.38 bits per heavy atom. The van der Waals surface area contributed by atoms with Crippen molar-refractivity contribution < 1.29 is 14.5 Å². The van der Waals surface area contributed by atoms with Crippen LogP contribution in [0.4, 0.5) is 0 Å². The highest BCUT2D eigenvalue weighted by Gasteiger charge is 2.13. The molecule has 0 N–H and O–H groups in total. The summed E-state index contributed by atoms with van der Waals surface area (Å²) in [7, 11) is 0. The Kier molecular flexibility index (Phi) is 3.56. The summed E-state index contributed by atoms with van der Waals surface area (Å²) in [6, 6.07) is 9.59. The van der Waals surface area contributed by atoms with E-state index in [1.165, 1.54) is 0 Å². The van der Waals surface area contributed by atoms with Crippen LogP contribution in [0.2, 0.25) is 0 Å². The van der Waals surface area contributed by atoms with Gasteiger partial charge >= 0.3 is 0 Å². The fraction of sp³-hybridized carbons (Fsp3) is 0.250. The summed E-state index contributed by atoms with van der Waals surface area (Å²) in [4.78, 5) is 14.3. The first-order valence-corrected chi connectivity index (χ1v) is 5.14. The normalized spacial score (nSPS) is 17.8. The quantitative estimate of drug-likeness (QED) is 0.578. The van der Waals surface area contributed by atoms with Gasteiger partial charge < -0.3 is 9.62 Å². The van der Waals surface area contributed by atoms with Gasteiger partial charge in [-0.2, -0.15) is 4.89 Å². The summed E-state index contributed by atoms with van der Waals surface area (Å²) in [5.41, 5.74) is 1.59. The number of hydrogen-bond donors (Lipinski definition) is 0. The van der Waals surface area contributed by atoms with E-state index in [0.29, 0.717) is 24.8 Å². The van der Waals surface area contributed by atoms with Crippen molar-refractivity contribution in [3.05, 3.63) is 47.9 Å². The number of hydrogen-bond acceptors (Lipinski definition) is 4. The molecule has 0 aromatic heterocycles. The molecule has 1 aromatic rings. The number of ether oxygens (including phenoxy) is 1. The van der Waals surface area contributed by atoms with Crippen molar-refractivity contribution in [2.45, 2.75) is 6.92 Å². The highest BCUT2D eigenvalue weighted by Crippen LogP contribution is 2.12. The van der Waals surface area contributed by atoms with E-state index >= 15 is 0 Å². The maximum absolute atomic E-state index is 5.15. The van der Waals surface area contributed by atoms with Crippen LogP contribution in [0.15, 0.2) is 47.3 Å². The van der Waals surface area contributed by atoms with Crippen molar-refractivity contribution in [3.8, 4) is 0 Å². The lowest BCUT2D eigenvalue weighted by Crippen LogP contribution is -2.15. The van der Waals surface area contributed by atoms with Crippen LogP contribution in [0.3, 0.4) is 0 Å². The predicted octanol–water partition coefficient (Wildman–Crippen LogP) is 2.27. The molecule has 4 nitrogen and oxygen atoms in total. The van der Waals surface area contributed by atoms with Gasteiger partial charge in [0, 0.05) is 5.56 Å². The Morgan fingerprint density at radius 3 is 2.94 bits per heavy atom.